The molecule has 0 aliphatic heterocycles. The minimum absolute atomic E-state index is 0.119. The van der Waals surface area contributed by atoms with Gasteiger partial charge < -0.3 is 14.2 Å². The summed E-state index contributed by atoms with van der Waals surface area (Å²) in [4.78, 5) is 38.2. The van der Waals surface area contributed by atoms with Crippen LogP contribution < -0.4 is 0 Å². The number of allylic oxidation sites excluding steroid dienone is 20. The topological polar surface area (TPSA) is 78.9 Å². The molecule has 0 aromatic carbocycles. The number of rotatable bonds is 53. The number of ether oxygens (including phenoxy) is 3. The van der Waals surface area contributed by atoms with E-state index in [0.717, 1.165) is 103 Å². The van der Waals surface area contributed by atoms with Crippen molar-refractivity contribution in [1.29, 1.82) is 0 Å². The van der Waals surface area contributed by atoms with E-state index >= 15 is 0 Å². The molecule has 0 unspecified atom stereocenters. The number of carbonyl (C=O) groups is 3. The lowest BCUT2D eigenvalue weighted by molar-refractivity contribution is -0.166. The summed E-state index contributed by atoms with van der Waals surface area (Å²) < 4.78 is 16.8. The molecule has 414 valence electrons. The third-order valence-corrected chi connectivity index (χ3v) is 12.4. The third kappa shape index (κ3) is 58.6. The van der Waals surface area contributed by atoms with Gasteiger partial charge in [-0.25, -0.2) is 0 Å². The van der Waals surface area contributed by atoms with Crippen molar-refractivity contribution in [3.63, 3.8) is 0 Å². The molecule has 0 aromatic heterocycles. The molecule has 0 aromatic rings. The van der Waals surface area contributed by atoms with Crippen molar-refractivity contribution in [3.8, 4) is 0 Å². The monoisotopic (exact) mass is 1010 g/mol. The van der Waals surface area contributed by atoms with Gasteiger partial charge in [0, 0.05) is 19.3 Å². The highest BCUT2D eigenvalue weighted by molar-refractivity contribution is 5.71. The summed E-state index contributed by atoms with van der Waals surface area (Å²) in [7, 11) is 0. The number of hydrogen-bond donors (Lipinski definition) is 0. The van der Waals surface area contributed by atoms with Gasteiger partial charge >= 0.3 is 17.9 Å². The van der Waals surface area contributed by atoms with E-state index in [1.807, 2.05) is 12.2 Å². The van der Waals surface area contributed by atoms with Crippen LogP contribution in [0.15, 0.2) is 122 Å². The quantitative estimate of drug-likeness (QED) is 0.0261. The fourth-order valence-electron chi connectivity index (χ4n) is 7.94. The highest BCUT2D eigenvalue weighted by Gasteiger charge is 2.19. The normalized spacial score (nSPS) is 13.0. The van der Waals surface area contributed by atoms with Gasteiger partial charge in [0.15, 0.2) is 6.10 Å². The molecule has 0 aliphatic rings. The van der Waals surface area contributed by atoms with E-state index in [-0.39, 0.29) is 31.6 Å². The van der Waals surface area contributed by atoms with E-state index in [4.69, 9.17) is 14.2 Å². The molecule has 0 heterocycles. The lowest BCUT2D eigenvalue weighted by Crippen LogP contribution is -2.30. The summed E-state index contributed by atoms with van der Waals surface area (Å²) in [5.74, 6) is -1.03. The van der Waals surface area contributed by atoms with E-state index in [2.05, 4.69) is 130 Å². The Morgan fingerprint density at radius 3 is 0.932 bits per heavy atom. The average molecular weight is 1010 g/mol. The van der Waals surface area contributed by atoms with Crippen LogP contribution in [0.25, 0.3) is 0 Å². The standard InChI is InChI=1S/C67H110O6/c1-4-7-10-13-16-19-22-25-28-31-33-36-39-42-45-48-51-54-57-60-66(69)72-63-64(62-71-65(68)59-56-53-50-47-44-41-38-35-30-27-24-21-18-15-12-9-6-3)73-67(70)61-58-55-52-49-46-43-40-37-34-32-29-26-23-20-17-14-11-8-5-2/h8,11,17-18,20-21,25-30,34,37-38,41,43,46,52,55,64H,4-7,9-10,12-16,19,22-24,31-33,35-36,39-40,42,44-45,47-51,53-54,56-63H2,1-3H3/b11-8-,20-17-,21-18-,28-25-,29-26-,30-27-,37-34-,41-38-,46-43-,55-52-/t64-/m1/s1. The predicted octanol–water partition coefficient (Wildman–Crippen LogP) is 20.4. The molecule has 0 rings (SSSR count). The first-order chi connectivity index (χ1) is 36.0. The van der Waals surface area contributed by atoms with Crippen molar-refractivity contribution >= 4 is 17.9 Å². The van der Waals surface area contributed by atoms with Crippen LogP contribution in [0, 0.1) is 0 Å². The fourth-order valence-corrected chi connectivity index (χ4v) is 7.94. The second kappa shape index (κ2) is 60.4. The fraction of sp³-hybridized carbons (Fsp3) is 0.657. The molecule has 0 spiro atoms. The maximum absolute atomic E-state index is 12.8. The molecular weight excluding hydrogens is 901 g/mol. The zero-order valence-electron chi connectivity index (χ0n) is 47.4. The molecule has 0 saturated heterocycles. The highest BCUT2D eigenvalue weighted by atomic mass is 16.6. The summed E-state index contributed by atoms with van der Waals surface area (Å²) in [5, 5.41) is 0. The Hall–Kier alpha value is -4.19. The third-order valence-electron chi connectivity index (χ3n) is 12.4. The van der Waals surface area contributed by atoms with E-state index in [1.165, 1.54) is 116 Å². The van der Waals surface area contributed by atoms with E-state index in [9.17, 15) is 14.4 Å². The molecule has 0 saturated carbocycles. The van der Waals surface area contributed by atoms with Crippen molar-refractivity contribution in [2.45, 2.75) is 271 Å². The zero-order valence-corrected chi connectivity index (χ0v) is 47.4. The van der Waals surface area contributed by atoms with E-state index in [1.54, 1.807) is 0 Å². The minimum Gasteiger partial charge on any atom is -0.462 e. The van der Waals surface area contributed by atoms with Crippen LogP contribution in [0.2, 0.25) is 0 Å². The molecule has 0 aliphatic carbocycles. The molecule has 0 fully saturated rings. The van der Waals surface area contributed by atoms with Gasteiger partial charge in [-0.3, -0.25) is 14.4 Å². The Bertz CT molecular complexity index is 1540. The Kier molecular flexibility index (Phi) is 56.9. The lowest BCUT2D eigenvalue weighted by Gasteiger charge is -2.18. The second-order valence-corrected chi connectivity index (χ2v) is 19.5. The Labute approximate surface area is 450 Å². The molecule has 0 bridgehead atoms. The molecule has 0 N–H and O–H groups in total. The van der Waals surface area contributed by atoms with Crippen LogP contribution in [0.3, 0.4) is 0 Å². The smallest absolute Gasteiger partial charge is 0.306 e. The van der Waals surface area contributed by atoms with Crippen LogP contribution in [0.4, 0.5) is 0 Å². The summed E-state index contributed by atoms with van der Waals surface area (Å²) in [5.41, 5.74) is 0. The zero-order chi connectivity index (χ0) is 52.9. The second-order valence-electron chi connectivity index (χ2n) is 19.5. The number of unbranched alkanes of at least 4 members (excludes halogenated alkanes) is 22. The Morgan fingerprint density at radius 2 is 0.562 bits per heavy atom. The van der Waals surface area contributed by atoms with Crippen LogP contribution in [0.5, 0.6) is 0 Å². The molecule has 6 nitrogen and oxygen atoms in total. The van der Waals surface area contributed by atoms with Gasteiger partial charge in [-0.2, -0.15) is 0 Å². The van der Waals surface area contributed by atoms with Gasteiger partial charge in [0.1, 0.15) is 13.2 Å². The first-order valence-corrected chi connectivity index (χ1v) is 30.0. The summed E-state index contributed by atoms with van der Waals surface area (Å²) in [6.07, 6.45) is 83.4. The Balaban J connectivity index is 4.55. The van der Waals surface area contributed by atoms with Crippen molar-refractivity contribution in [1.82, 2.24) is 0 Å². The summed E-state index contributed by atoms with van der Waals surface area (Å²) in [6, 6.07) is 0. The van der Waals surface area contributed by atoms with Crippen molar-refractivity contribution in [2.75, 3.05) is 13.2 Å². The van der Waals surface area contributed by atoms with Crippen LogP contribution in [0.1, 0.15) is 265 Å². The van der Waals surface area contributed by atoms with Crippen LogP contribution >= 0.6 is 0 Å². The molecule has 0 amide bonds. The first-order valence-electron chi connectivity index (χ1n) is 30.0. The SMILES string of the molecule is CC/C=C\C/C=C\C/C=C\C/C=C\C/C=C\C/C=C\CCC(=O)O[C@H](COC(=O)CCCCCC/C=C\C/C=C\C/C=C\CCCCC)COC(=O)CCCCCCCCCCC/C=C\CCCCCCCC. The number of esters is 3. The molecule has 1 atom stereocenters. The maximum atomic E-state index is 12.8. The van der Waals surface area contributed by atoms with Crippen molar-refractivity contribution in [3.05, 3.63) is 122 Å². The van der Waals surface area contributed by atoms with Crippen LogP contribution in [-0.4, -0.2) is 37.2 Å². The molecule has 0 radical (unpaired) electrons. The maximum Gasteiger partial charge on any atom is 0.306 e. The summed E-state index contributed by atoms with van der Waals surface area (Å²) >= 11 is 0. The van der Waals surface area contributed by atoms with Crippen molar-refractivity contribution < 1.29 is 28.6 Å². The molecule has 73 heavy (non-hydrogen) atoms. The highest BCUT2D eigenvalue weighted by Crippen LogP contribution is 2.14. The van der Waals surface area contributed by atoms with Gasteiger partial charge in [-0.15, -0.1) is 0 Å². The largest absolute Gasteiger partial charge is 0.462 e. The Morgan fingerprint density at radius 1 is 0.288 bits per heavy atom. The van der Waals surface area contributed by atoms with Gasteiger partial charge in [0.2, 0.25) is 0 Å². The van der Waals surface area contributed by atoms with Gasteiger partial charge in [-0.05, 0) is 122 Å². The average Bonchev–Trinajstić information content (AvgIpc) is 3.39. The first kappa shape index (κ1) is 68.8. The van der Waals surface area contributed by atoms with E-state index < -0.39 is 12.1 Å². The van der Waals surface area contributed by atoms with E-state index in [0.29, 0.717) is 19.3 Å². The summed E-state index contributed by atoms with van der Waals surface area (Å²) in [6.45, 7) is 6.42. The number of carbonyl (C=O) groups excluding carboxylic acids is 3. The lowest BCUT2D eigenvalue weighted by atomic mass is 10.1. The van der Waals surface area contributed by atoms with Gasteiger partial charge in [-0.1, -0.05) is 245 Å². The predicted molar refractivity (Wildman–Crippen MR) is 316 cm³/mol. The molecule has 6 heteroatoms. The number of hydrogen-bond acceptors (Lipinski definition) is 6. The van der Waals surface area contributed by atoms with Gasteiger partial charge in [0.25, 0.3) is 0 Å². The van der Waals surface area contributed by atoms with Gasteiger partial charge in [0.05, 0.1) is 0 Å². The van der Waals surface area contributed by atoms with Crippen molar-refractivity contribution in [2.24, 2.45) is 0 Å². The minimum atomic E-state index is -0.833. The van der Waals surface area contributed by atoms with Crippen LogP contribution in [-0.2, 0) is 28.6 Å². The molecular formula is C67H110O6.